The summed E-state index contributed by atoms with van der Waals surface area (Å²) >= 11 is 1.37. The molecule has 2 heterocycles. The van der Waals surface area contributed by atoms with E-state index >= 15 is 0 Å². The van der Waals surface area contributed by atoms with Crippen molar-refractivity contribution in [1.82, 2.24) is 9.80 Å². The van der Waals surface area contributed by atoms with Gasteiger partial charge >= 0.3 is 0 Å². The Labute approximate surface area is 141 Å². The highest BCUT2D eigenvalue weighted by molar-refractivity contribution is 7.14. The van der Waals surface area contributed by atoms with Gasteiger partial charge in [-0.3, -0.25) is 14.6 Å². The third kappa shape index (κ3) is 5.01. The lowest BCUT2D eigenvalue weighted by Crippen LogP contribution is -2.55. The van der Waals surface area contributed by atoms with Crippen LogP contribution in [0.25, 0.3) is 0 Å². The second-order valence-electron chi connectivity index (χ2n) is 5.96. The molecule has 0 saturated carbocycles. The Morgan fingerprint density at radius 3 is 3.04 bits per heavy atom. The van der Waals surface area contributed by atoms with Gasteiger partial charge in [-0.15, -0.1) is 11.3 Å². The Morgan fingerprint density at radius 2 is 2.39 bits per heavy atom. The van der Waals surface area contributed by atoms with Crippen molar-refractivity contribution in [1.29, 1.82) is 5.26 Å². The quantitative estimate of drug-likeness (QED) is 0.819. The van der Waals surface area contributed by atoms with E-state index < -0.39 is 0 Å². The van der Waals surface area contributed by atoms with Gasteiger partial charge in [-0.1, -0.05) is 6.92 Å². The molecule has 23 heavy (non-hydrogen) atoms. The van der Waals surface area contributed by atoms with Crippen LogP contribution in [-0.4, -0.2) is 65.7 Å². The van der Waals surface area contributed by atoms with Crippen molar-refractivity contribution in [2.24, 2.45) is 0 Å². The number of nitriles is 1. The molecule has 0 radical (unpaired) electrons. The normalized spacial score (nSPS) is 20.9. The number of hydrogen-bond acceptors (Lipinski definition) is 6. The Kier molecular flexibility index (Phi) is 6.54. The molecule has 1 aromatic heterocycles. The van der Waals surface area contributed by atoms with Crippen LogP contribution in [0.15, 0.2) is 11.4 Å². The maximum absolute atomic E-state index is 12.2. The van der Waals surface area contributed by atoms with Gasteiger partial charge in [0.05, 0.1) is 18.2 Å². The maximum atomic E-state index is 12.2. The predicted molar refractivity (Wildman–Crippen MR) is 91.4 cm³/mol. The van der Waals surface area contributed by atoms with Gasteiger partial charge in [0.2, 0.25) is 5.91 Å². The number of nitrogens with zero attached hydrogens (tertiary/aromatic N) is 3. The van der Waals surface area contributed by atoms with E-state index in [1.165, 1.54) is 11.3 Å². The van der Waals surface area contributed by atoms with E-state index in [2.05, 4.69) is 28.1 Å². The van der Waals surface area contributed by atoms with E-state index in [-0.39, 0.29) is 12.0 Å². The Hall–Kier alpha value is -1.46. The van der Waals surface area contributed by atoms with Crippen LogP contribution in [0.5, 0.6) is 0 Å². The Balaban J connectivity index is 1.86. The van der Waals surface area contributed by atoms with Crippen molar-refractivity contribution in [2.75, 3.05) is 38.0 Å². The summed E-state index contributed by atoms with van der Waals surface area (Å²) in [5.74, 6) is -0.0808. The van der Waals surface area contributed by atoms with E-state index in [0.717, 1.165) is 26.1 Å². The van der Waals surface area contributed by atoms with E-state index in [1.807, 2.05) is 0 Å². The van der Waals surface area contributed by atoms with Crippen LogP contribution in [0.2, 0.25) is 0 Å². The number of nitrogens with one attached hydrogen (secondary N) is 1. The van der Waals surface area contributed by atoms with Gasteiger partial charge < -0.3 is 10.4 Å². The zero-order chi connectivity index (χ0) is 16.8. The zero-order valence-electron chi connectivity index (χ0n) is 13.7. The highest BCUT2D eigenvalue weighted by Crippen LogP contribution is 2.22. The van der Waals surface area contributed by atoms with Crippen LogP contribution >= 0.6 is 11.3 Å². The SMILES string of the molecule is CC[C@@H]1CN(CC(=O)Nc2sccc2C#N)CCN1C[C@H](C)O. The number of carbonyl (C=O) groups excluding carboxylic acids is 1. The van der Waals surface area contributed by atoms with Gasteiger partial charge in [0, 0.05) is 32.2 Å². The van der Waals surface area contributed by atoms with Gasteiger partial charge in [0.15, 0.2) is 0 Å². The van der Waals surface area contributed by atoms with Crippen LogP contribution in [-0.2, 0) is 4.79 Å². The molecule has 0 aliphatic carbocycles. The summed E-state index contributed by atoms with van der Waals surface area (Å²) in [7, 11) is 0. The van der Waals surface area contributed by atoms with Crippen LogP contribution in [0, 0.1) is 11.3 Å². The number of hydrogen-bond donors (Lipinski definition) is 2. The third-order valence-corrected chi connectivity index (χ3v) is 4.89. The summed E-state index contributed by atoms with van der Waals surface area (Å²) in [5, 5.41) is 23.8. The minimum atomic E-state index is -0.331. The molecule has 6 nitrogen and oxygen atoms in total. The predicted octanol–water partition coefficient (Wildman–Crippen LogP) is 1.34. The van der Waals surface area contributed by atoms with Gasteiger partial charge in [-0.2, -0.15) is 5.26 Å². The Bertz CT molecular complexity index is 567. The molecule has 1 fully saturated rings. The largest absolute Gasteiger partial charge is 0.392 e. The van der Waals surface area contributed by atoms with Gasteiger partial charge in [0.25, 0.3) is 0 Å². The molecule has 0 unspecified atom stereocenters. The summed E-state index contributed by atoms with van der Waals surface area (Å²) < 4.78 is 0. The number of aliphatic hydroxyl groups excluding tert-OH is 1. The molecule has 2 rings (SSSR count). The summed E-state index contributed by atoms with van der Waals surface area (Å²) in [6, 6.07) is 4.15. The lowest BCUT2D eigenvalue weighted by molar-refractivity contribution is -0.118. The molecule has 0 spiro atoms. The lowest BCUT2D eigenvalue weighted by atomic mass is 10.1. The fourth-order valence-electron chi connectivity index (χ4n) is 2.93. The number of carbonyl (C=O) groups is 1. The molecular weight excluding hydrogens is 312 g/mol. The topological polar surface area (TPSA) is 79.6 Å². The monoisotopic (exact) mass is 336 g/mol. The molecule has 0 bridgehead atoms. The highest BCUT2D eigenvalue weighted by Gasteiger charge is 2.27. The second kappa shape index (κ2) is 8.41. The average molecular weight is 336 g/mol. The van der Waals surface area contributed by atoms with Gasteiger partial charge in [0.1, 0.15) is 11.1 Å². The van der Waals surface area contributed by atoms with Crippen molar-refractivity contribution >= 4 is 22.2 Å². The number of amides is 1. The van der Waals surface area contributed by atoms with Crippen LogP contribution in [0.1, 0.15) is 25.8 Å². The van der Waals surface area contributed by atoms with Crippen molar-refractivity contribution in [2.45, 2.75) is 32.4 Å². The highest BCUT2D eigenvalue weighted by atomic mass is 32.1. The summed E-state index contributed by atoms with van der Waals surface area (Å²) in [6.07, 6.45) is 0.663. The molecule has 2 atom stereocenters. The first-order valence-corrected chi connectivity index (χ1v) is 8.83. The first kappa shape index (κ1) is 17.9. The van der Waals surface area contributed by atoms with Crippen molar-refractivity contribution in [3.05, 3.63) is 17.0 Å². The first-order chi connectivity index (χ1) is 11.0. The molecular formula is C16H24N4O2S. The van der Waals surface area contributed by atoms with Crippen molar-refractivity contribution < 1.29 is 9.90 Å². The van der Waals surface area contributed by atoms with Crippen LogP contribution in [0.3, 0.4) is 0 Å². The van der Waals surface area contributed by atoms with Crippen molar-refractivity contribution in [3.63, 3.8) is 0 Å². The molecule has 0 aromatic carbocycles. The smallest absolute Gasteiger partial charge is 0.239 e. The Morgan fingerprint density at radius 1 is 1.61 bits per heavy atom. The van der Waals surface area contributed by atoms with Crippen molar-refractivity contribution in [3.8, 4) is 6.07 Å². The molecule has 1 aromatic rings. The van der Waals surface area contributed by atoms with E-state index in [1.54, 1.807) is 18.4 Å². The maximum Gasteiger partial charge on any atom is 0.239 e. The van der Waals surface area contributed by atoms with Crippen LogP contribution in [0.4, 0.5) is 5.00 Å². The van der Waals surface area contributed by atoms with E-state index in [4.69, 9.17) is 5.26 Å². The van der Waals surface area contributed by atoms with E-state index in [0.29, 0.717) is 29.7 Å². The molecule has 2 N–H and O–H groups in total. The standard InChI is InChI=1S/C16H24N4O2S/c1-3-14-10-19(5-6-20(14)9-12(2)21)11-15(22)18-16-13(8-17)4-7-23-16/h4,7,12,14,21H,3,5-6,9-11H2,1-2H3,(H,18,22)/t12-,14+/m0/s1. The zero-order valence-corrected chi connectivity index (χ0v) is 14.5. The fraction of sp³-hybridized carbons (Fsp3) is 0.625. The number of thiophene rings is 1. The molecule has 1 saturated heterocycles. The number of aliphatic hydroxyl groups is 1. The minimum Gasteiger partial charge on any atom is -0.392 e. The molecule has 1 aliphatic heterocycles. The minimum absolute atomic E-state index is 0.0808. The van der Waals surface area contributed by atoms with Crippen LogP contribution < -0.4 is 5.32 Å². The number of β-amino-alcohol motifs (C(OH)–C–C–N with tert-alkyl or cyclic N) is 1. The average Bonchev–Trinajstić information content (AvgIpc) is 2.95. The molecule has 1 amide bonds. The summed E-state index contributed by atoms with van der Waals surface area (Å²) in [6.45, 7) is 7.45. The number of anilines is 1. The summed E-state index contributed by atoms with van der Waals surface area (Å²) in [5.41, 5.74) is 0.511. The van der Waals surface area contributed by atoms with E-state index in [9.17, 15) is 9.90 Å². The lowest BCUT2D eigenvalue weighted by Gasteiger charge is -2.41. The third-order valence-electron chi connectivity index (χ3n) is 4.06. The van der Waals surface area contributed by atoms with Gasteiger partial charge in [-0.25, -0.2) is 0 Å². The number of piperazine rings is 1. The first-order valence-electron chi connectivity index (χ1n) is 7.95. The fourth-order valence-corrected chi connectivity index (χ4v) is 3.68. The number of rotatable bonds is 6. The second-order valence-corrected chi connectivity index (χ2v) is 6.88. The molecule has 7 heteroatoms. The van der Waals surface area contributed by atoms with Gasteiger partial charge in [-0.05, 0) is 24.8 Å². The molecule has 1 aliphatic rings. The summed E-state index contributed by atoms with van der Waals surface area (Å²) in [4.78, 5) is 16.6. The molecule has 126 valence electrons.